The Hall–Kier alpha value is -1.89. The van der Waals surface area contributed by atoms with E-state index >= 15 is 0 Å². The molecule has 0 spiro atoms. The number of sulfone groups is 1. The van der Waals surface area contributed by atoms with Gasteiger partial charge < -0.3 is 5.32 Å². The van der Waals surface area contributed by atoms with E-state index in [-0.39, 0.29) is 23.3 Å². The summed E-state index contributed by atoms with van der Waals surface area (Å²) in [5, 5.41) is 2.75. The lowest BCUT2D eigenvalue weighted by Gasteiger charge is -2.35. The Morgan fingerprint density at radius 1 is 1.33 bits per heavy atom. The normalized spacial score (nSPS) is 27.1. The van der Waals surface area contributed by atoms with Crippen molar-refractivity contribution in [3.8, 4) is 0 Å². The van der Waals surface area contributed by atoms with E-state index < -0.39 is 21.8 Å². The first-order valence-electron chi connectivity index (χ1n) is 6.82. The molecule has 21 heavy (non-hydrogen) atoms. The number of rotatable bonds is 1. The van der Waals surface area contributed by atoms with Crippen molar-refractivity contribution in [1.29, 1.82) is 0 Å². The molecule has 0 radical (unpaired) electrons. The maximum atomic E-state index is 12.7. The van der Waals surface area contributed by atoms with Gasteiger partial charge in [-0.15, -0.1) is 0 Å². The van der Waals surface area contributed by atoms with Crippen LogP contribution in [0.25, 0.3) is 0 Å². The van der Waals surface area contributed by atoms with Gasteiger partial charge in [-0.2, -0.15) is 0 Å². The fourth-order valence-electron chi connectivity index (χ4n) is 2.85. The summed E-state index contributed by atoms with van der Waals surface area (Å²) in [5.41, 5.74) is 1.20. The molecule has 7 heteroatoms. The van der Waals surface area contributed by atoms with Crippen molar-refractivity contribution < 1.29 is 18.0 Å². The van der Waals surface area contributed by atoms with Crippen LogP contribution in [0.2, 0.25) is 0 Å². The smallest absolute Gasteiger partial charge is 0.247 e. The molecule has 2 aliphatic rings. The summed E-state index contributed by atoms with van der Waals surface area (Å²) >= 11 is 0. The highest BCUT2D eigenvalue weighted by atomic mass is 32.2. The number of carbonyl (C=O) groups is 2. The molecule has 6 nitrogen and oxygen atoms in total. The summed E-state index contributed by atoms with van der Waals surface area (Å²) in [7, 11) is -3.14. The Bertz CT molecular complexity index is 713. The molecule has 1 saturated heterocycles. The lowest BCUT2D eigenvalue weighted by Crippen LogP contribution is -2.51. The van der Waals surface area contributed by atoms with E-state index in [2.05, 4.69) is 5.32 Å². The Morgan fingerprint density at radius 2 is 2.05 bits per heavy atom. The minimum atomic E-state index is -3.14. The molecule has 2 amide bonds. The van der Waals surface area contributed by atoms with Crippen molar-refractivity contribution >= 4 is 33.0 Å². The summed E-state index contributed by atoms with van der Waals surface area (Å²) in [5.74, 6) is -1.19. The van der Waals surface area contributed by atoms with Gasteiger partial charge in [-0.1, -0.05) is 12.1 Å². The third-order valence-corrected chi connectivity index (χ3v) is 5.78. The van der Waals surface area contributed by atoms with Crippen molar-refractivity contribution in [2.75, 3.05) is 21.7 Å². The summed E-state index contributed by atoms with van der Waals surface area (Å²) in [6.07, 6.45) is 0.328. The highest BCUT2D eigenvalue weighted by Crippen LogP contribution is 2.34. The zero-order chi connectivity index (χ0) is 15.2. The molecule has 0 aliphatic carbocycles. The van der Waals surface area contributed by atoms with Crippen LogP contribution in [0, 0.1) is 5.92 Å². The zero-order valence-electron chi connectivity index (χ0n) is 11.6. The zero-order valence-corrected chi connectivity index (χ0v) is 12.4. The summed E-state index contributed by atoms with van der Waals surface area (Å²) in [6.45, 7) is 1.65. The molecule has 0 aromatic heterocycles. The molecule has 112 valence electrons. The van der Waals surface area contributed by atoms with Gasteiger partial charge in [0.15, 0.2) is 9.84 Å². The second kappa shape index (κ2) is 4.84. The molecule has 1 aromatic rings. The fraction of sp³-hybridized carbons (Fsp3) is 0.429. The predicted molar refractivity (Wildman–Crippen MR) is 78.8 cm³/mol. The molecule has 2 aliphatic heterocycles. The van der Waals surface area contributed by atoms with Gasteiger partial charge in [-0.25, -0.2) is 8.42 Å². The molecule has 1 aromatic carbocycles. The van der Waals surface area contributed by atoms with Gasteiger partial charge in [0.1, 0.15) is 6.04 Å². The van der Waals surface area contributed by atoms with Gasteiger partial charge in [-0.05, 0) is 25.5 Å². The SMILES string of the molecule is CC1C(=O)Nc2ccccc2N1C(=O)C1CCS(=O)(=O)C1. The van der Waals surface area contributed by atoms with Gasteiger partial charge in [-0.3, -0.25) is 14.5 Å². The van der Waals surface area contributed by atoms with Crippen LogP contribution in [0.4, 0.5) is 11.4 Å². The number of nitrogens with one attached hydrogen (secondary N) is 1. The Morgan fingerprint density at radius 3 is 2.71 bits per heavy atom. The minimum absolute atomic E-state index is 0.0411. The molecule has 1 N–H and O–H groups in total. The first-order chi connectivity index (χ1) is 9.89. The average molecular weight is 308 g/mol. The van der Waals surface area contributed by atoms with Gasteiger partial charge in [0.2, 0.25) is 11.8 Å². The van der Waals surface area contributed by atoms with E-state index in [0.29, 0.717) is 17.8 Å². The number of hydrogen-bond donors (Lipinski definition) is 1. The number of nitrogens with zero attached hydrogens (tertiary/aromatic N) is 1. The van der Waals surface area contributed by atoms with E-state index in [1.165, 1.54) is 4.90 Å². The lowest BCUT2D eigenvalue weighted by atomic mass is 10.0. The molecule has 1 fully saturated rings. The Kier molecular flexibility index (Phi) is 3.24. The first-order valence-corrected chi connectivity index (χ1v) is 8.64. The van der Waals surface area contributed by atoms with Crippen molar-refractivity contribution in [2.24, 2.45) is 5.92 Å². The van der Waals surface area contributed by atoms with Gasteiger partial charge in [0.25, 0.3) is 0 Å². The molecule has 0 saturated carbocycles. The van der Waals surface area contributed by atoms with Crippen molar-refractivity contribution in [3.05, 3.63) is 24.3 Å². The fourth-order valence-corrected chi connectivity index (χ4v) is 4.58. The monoisotopic (exact) mass is 308 g/mol. The van der Waals surface area contributed by atoms with Crippen LogP contribution in [0.3, 0.4) is 0 Å². The van der Waals surface area contributed by atoms with Crippen LogP contribution in [0.1, 0.15) is 13.3 Å². The van der Waals surface area contributed by atoms with Gasteiger partial charge in [0.05, 0.1) is 28.8 Å². The van der Waals surface area contributed by atoms with Crippen LogP contribution in [-0.4, -0.2) is 37.8 Å². The number of para-hydroxylation sites is 2. The van der Waals surface area contributed by atoms with Crippen LogP contribution < -0.4 is 10.2 Å². The van der Waals surface area contributed by atoms with E-state index in [4.69, 9.17) is 0 Å². The molecule has 2 heterocycles. The van der Waals surface area contributed by atoms with Crippen LogP contribution in [0.15, 0.2) is 24.3 Å². The van der Waals surface area contributed by atoms with Gasteiger partial charge >= 0.3 is 0 Å². The van der Waals surface area contributed by atoms with E-state index in [1.54, 1.807) is 31.2 Å². The van der Waals surface area contributed by atoms with Crippen molar-refractivity contribution in [1.82, 2.24) is 0 Å². The summed E-state index contributed by atoms with van der Waals surface area (Å²) in [6, 6.07) is 6.40. The maximum absolute atomic E-state index is 12.7. The molecule has 2 atom stereocenters. The second-order valence-electron chi connectivity index (χ2n) is 5.49. The molecular formula is C14H16N2O4S. The number of fused-ring (bicyclic) bond motifs is 1. The number of benzene rings is 1. The summed E-state index contributed by atoms with van der Waals surface area (Å²) < 4.78 is 23.1. The van der Waals surface area contributed by atoms with E-state index in [9.17, 15) is 18.0 Å². The van der Waals surface area contributed by atoms with Crippen molar-refractivity contribution in [3.63, 3.8) is 0 Å². The first kappa shape index (κ1) is 14.1. The molecule has 0 bridgehead atoms. The highest BCUT2D eigenvalue weighted by molar-refractivity contribution is 7.91. The second-order valence-corrected chi connectivity index (χ2v) is 7.72. The minimum Gasteiger partial charge on any atom is -0.322 e. The van der Waals surface area contributed by atoms with Crippen LogP contribution >= 0.6 is 0 Å². The third-order valence-electron chi connectivity index (χ3n) is 4.01. The predicted octanol–water partition coefficient (Wildman–Crippen LogP) is 0.795. The van der Waals surface area contributed by atoms with Crippen LogP contribution in [0.5, 0.6) is 0 Å². The summed E-state index contributed by atoms with van der Waals surface area (Å²) in [4.78, 5) is 26.1. The topological polar surface area (TPSA) is 83.6 Å². The van der Waals surface area contributed by atoms with Crippen LogP contribution in [-0.2, 0) is 19.4 Å². The van der Waals surface area contributed by atoms with Gasteiger partial charge in [0, 0.05) is 0 Å². The standard InChI is InChI=1S/C14H16N2O4S/c1-9-13(17)15-11-4-2-3-5-12(11)16(9)14(18)10-6-7-21(19,20)8-10/h2-5,9-10H,6-8H2,1H3,(H,15,17). The van der Waals surface area contributed by atoms with E-state index in [0.717, 1.165) is 0 Å². The van der Waals surface area contributed by atoms with E-state index in [1.807, 2.05) is 0 Å². The number of anilines is 2. The molecule has 3 rings (SSSR count). The lowest BCUT2D eigenvalue weighted by molar-refractivity contribution is -0.125. The Balaban J connectivity index is 1.97. The third kappa shape index (κ3) is 2.42. The number of amides is 2. The highest BCUT2D eigenvalue weighted by Gasteiger charge is 2.41. The largest absolute Gasteiger partial charge is 0.322 e. The molecular weight excluding hydrogens is 292 g/mol. The quantitative estimate of drug-likeness (QED) is 0.831. The Labute approximate surface area is 123 Å². The van der Waals surface area contributed by atoms with Crippen molar-refractivity contribution in [2.45, 2.75) is 19.4 Å². The molecule has 2 unspecified atom stereocenters. The average Bonchev–Trinajstić information content (AvgIpc) is 2.80. The number of carbonyl (C=O) groups excluding carboxylic acids is 2. The maximum Gasteiger partial charge on any atom is 0.247 e. The number of hydrogen-bond acceptors (Lipinski definition) is 4.